The molecule has 2 rings (SSSR count). The summed E-state index contributed by atoms with van der Waals surface area (Å²) in [5, 5.41) is 13.5. The summed E-state index contributed by atoms with van der Waals surface area (Å²) in [6, 6.07) is 8.26. The summed E-state index contributed by atoms with van der Waals surface area (Å²) in [6.07, 6.45) is 0. The number of amides is 1. The van der Waals surface area contributed by atoms with E-state index in [2.05, 4.69) is 10.0 Å². The molecule has 10 nitrogen and oxygen atoms in total. The van der Waals surface area contributed by atoms with Gasteiger partial charge in [-0.3, -0.25) is 14.9 Å². The molecule has 0 aliphatic rings. The van der Waals surface area contributed by atoms with E-state index in [0.29, 0.717) is 5.56 Å². The number of anilines is 1. The summed E-state index contributed by atoms with van der Waals surface area (Å²) in [6.45, 7) is 7.51. The van der Waals surface area contributed by atoms with Crippen molar-refractivity contribution in [2.75, 3.05) is 11.9 Å². The minimum Gasteiger partial charge on any atom is -0.452 e. The van der Waals surface area contributed by atoms with Gasteiger partial charge < -0.3 is 10.1 Å². The van der Waals surface area contributed by atoms with E-state index < -0.39 is 39.0 Å². The van der Waals surface area contributed by atoms with Gasteiger partial charge in [0.2, 0.25) is 10.0 Å². The predicted molar refractivity (Wildman–Crippen MR) is 118 cm³/mol. The summed E-state index contributed by atoms with van der Waals surface area (Å²) in [5.41, 5.74) is 0.0840. The van der Waals surface area contributed by atoms with Crippen LogP contribution in [0.3, 0.4) is 0 Å². The Morgan fingerprint density at radius 3 is 2.38 bits per heavy atom. The van der Waals surface area contributed by atoms with Gasteiger partial charge in [0.25, 0.3) is 11.6 Å². The van der Waals surface area contributed by atoms with Crippen molar-refractivity contribution in [1.29, 1.82) is 0 Å². The average molecular weight is 464 g/mol. The SMILES string of the molecule is Cc1ccc(S(=O)(=O)NC(C)(C)C)cc1C(=O)OCC(=O)Nc1cccc([N+](=O)[O-])c1C. The van der Waals surface area contributed by atoms with E-state index in [4.69, 9.17) is 4.74 Å². The topological polar surface area (TPSA) is 145 Å². The second-order valence-electron chi connectivity index (χ2n) is 8.16. The smallest absolute Gasteiger partial charge is 0.338 e. The number of aryl methyl sites for hydroxylation is 1. The van der Waals surface area contributed by atoms with Crippen LogP contribution in [0.2, 0.25) is 0 Å². The molecule has 0 unspecified atom stereocenters. The molecule has 2 N–H and O–H groups in total. The van der Waals surface area contributed by atoms with Crippen LogP contribution >= 0.6 is 0 Å². The number of carbonyl (C=O) groups is 2. The summed E-state index contributed by atoms with van der Waals surface area (Å²) in [4.78, 5) is 35.0. The Morgan fingerprint density at radius 2 is 1.78 bits per heavy atom. The van der Waals surface area contributed by atoms with Gasteiger partial charge in [-0.1, -0.05) is 12.1 Å². The number of ether oxygens (including phenoxy) is 1. The van der Waals surface area contributed by atoms with E-state index in [1.165, 1.54) is 43.3 Å². The van der Waals surface area contributed by atoms with Crippen molar-refractivity contribution in [1.82, 2.24) is 4.72 Å². The Kier molecular flexibility index (Phi) is 7.37. The van der Waals surface area contributed by atoms with Crippen molar-refractivity contribution in [2.24, 2.45) is 0 Å². The summed E-state index contributed by atoms with van der Waals surface area (Å²) in [7, 11) is -3.87. The highest BCUT2D eigenvalue weighted by Gasteiger charge is 2.24. The number of nitro groups is 1. The maximum atomic E-state index is 12.5. The maximum Gasteiger partial charge on any atom is 0.338 e. The molecule has 0 bridgehead atoms. The first-order valence-electron chi connectivity index (χ1n) is 9.57. The van der Waals surface area contributed by atoms with Crippen LogP contribution in [0.1, 0.15) is 42.3 Å². The predicted octanol–water partition coefficient (Wildman–Crippen LogP) is 3.08. The lowest BCUT2D eigenvalue weighted by molar-refractivity contribution is -0.385. The highest BCUT2D eigenvalue weighted by molar-refractivity contribution is 7.89. The number of hydrogen-bond acceptors (Lipinski definition) is 7. The molecule has 11 heteroatoms. The molecular formula is C21H25N3O7S. The monoisotopic (exact) mass is 463 g/mol. The Hall–Kier alpha value is -3.31. The quantitative estimate of drug-likeness (QED) is 0.365. The van der Waals surface area contributed by atoms with Gasteiger partial charge in [0.1, 0.15) is 0 Å². The van der Waals surface area contributed by atoms with Gasteiger partial charge in [-0.05, 0) is 58.4 Å². The maximum absolute atomic E-state index is 12.5. The van der Waals surface area contributed by atoms with Crippen LogP contribution in [0.4, 0.5) is 11.4 Å². The van der Waals surface area contributed by atoms with Crippen LogP contribution < -0.4 is 10.0 Å². The lowest BCUT2D eigenvalue weighted by Gasteiger charge is -2.20. The van der Waals surface area contributed by atoms with Crippen molar-refractivity contribution >= 4 is 33.3 Å². The largest absolute Gasteiger partial charge is 0.452 e. The molecular weight excluding hydrogens is 438 g/mol. The Labute approximate surface area is 186 Å². The number of sulfonamides is 1. The first-order chi connectivity index (χ1) is 14.7. The molecule has 0 spiro atoms. The number of carbonyl (C=O) groups excluding carboxylic acids is 2. The fourth-order valence-electron chi connectivity index (χ4n) is 2.80. The number of benzene rings is 2. The molecule has 0 aliphatic carbocycles. The van der Waals surface area contributed by atoms with Crippen LogP contribution in [0.25, 0.3) is 0 Å². The van der Waals surface area contributed by atoms with E-state index in [1.54, 1.807) is 27.7 Å². The van der Waals surface area contributed by atoms with Gasteiger partial charge >= 0.3 is 5.97 Å². The highest BCUT2D eigenvalue weighted by Crippen LogP contribution is 2.25. The Bertz CT molecular complexity index is 1170. The standard InChI is InChI=1S/C21H25N3O7S/c1-13-9-10-15(32(29,30)23-21(3,4)5)11-16(13)20(26)31-12-19(25)22-17-7-6-8-18(14(17)2)24(27)28/h6-11,23H,12H2,1-5H3,(H,22,25). The van der Waals surface area contributed by atoms with Crippen LogP contribution in [-0.2, 0) is 19.6 Å². The van der Waals surface area contributed by atoms with Gasteiger partial charge in [-0.15, -0.1) is 0 Å². The second-order valence-corrected chi connectivity index (χ2v) is 9.85. The zero-order chi connectivity index (χ0) is 24.3. The zero-order valence-electron chi connectivity index (χ0n) is 18.4. The number of esters is 1. The van der Waals surface area contributed by atoms with Crippen LogP contribution in [0.5, 0.6) is 0 Å². The molecule has 2 aromatic carbocycles. The van der Waals surface area contributed by atoms with E-state index in [0.717, 1.165) is 0 Å². The van der Waals surface area contributed by atoms with E-state index in [1.807, 2.05) is 0 Å². The highest BCUT2D eigenvalue weighted by atomic mass is 32.2. The van der Waals surface area contributed by atoms with Crippen molar-refractivity contribution in [2.45, 2.75) is 45.1 Å². The number of nitro benzene ring substituents is 1. The average Bonchev–Trinajstić information content (AvgIpc) is 2.65. The second kappa shape index (κ2) is 9.45. The number of hydrogen-bond donors (Lipinski definition) is 2. The molecule has 0 radical (unpaired) electrons. The summed E-state index contributed by atoms with van der Waals surface area (Å²) in [5.74, 6) is -1.57. The first kappa shape index (κ1) is 25.0. The van der Waals surface area contributed by atoms with Gasteiger partial charge in [-0.2, -0.15) is 0 Å². The fourth-order valence-corrected chi connectivity index (χ4v) is 4.25. The molecule has 32 heavy (non-hydrogen) atoms. The van der Waals surface area contributed by atoms with E-state index in [-0.39, 0.29) is 27.4 Å². The van der Waals surface area contributed by atoms with Crippen LogP contribution in [0.15, 0.2) is 41.3 Å². The third kappa shape index (κ3) is 6.34. The molecule has 0 aliphatic heterocycles. The normalized spacial score (nSPS) is 11.7. The van der Waals surface area contributed by atoms with Crippen molar-refractivity contribution in [3.8, 4) is 0 Å². The van der Waals surface area contributed by atoms with Crippen LogP contribution in [0, 0.1) is 24.0 Å². The molecule has 0 saturated heterocycles. The molecule has 0 saturated carbocycles. The van der Waals surface area contributed by atoms with Gasteiger partial charge in [0.15, 0.2) is 6.61 Å². The van der Waals surface area contributed by atoms with Crippen molar-refractivity contribution < 1.29 is 27.7 Å². The Balaban J connectivity index is 2.13. The molecule has 0 heterocycles. The zero-order valence-corrected chi connectivity index (χ0v) is 19.2. The summed E-state index contributed by atoms with van der Waals surface area (Å²) < 4.78 is 32.6. The molecule has 2 aromatic rings. The van der Waals surface area contributed by atoms with Gasteiger partial charge in [0, 0.05) is 11.6 Å². The molecule has 0 aromatic heterocycles. The minimum absolute atomic E-state index is 0.00103. The molecule has 0 fully saturated rings. The van der Waals surface area contributed by atoms with Crippen molar-refractivity contribution in [3.05, 3.63) is 63.2 Å². The van der Waals surface area contributed by atoms with Gasteiger partial charge in [0.05, 0.1) is 26.6 Å². The minimum atomic E-state index is -3.87. The molecule has 1 amide bonds. The number of rotatable bonds is 7. The first-order valence-corrected chi connectivity index (χ1v) is 11.1. The fraction of sp³-hybridized carbons (Fsp3) is 0.333. The summed E-state index contributed by atoms with van der Waals surface area (Å²) >= 11 is 0. The lowest BCUT2D eigenvalue weighted by Crippen LogP contribution is -2.40. The third-order valence-electron chi connectivity index (χ3n) is 4.29. The lowest BCUT2D eigenvalue weighted by atomic mass is 10.1. The van der Waals surface area contributed by atoms with E-state index >= 15 is 0 Å². The molecule has 172 valence electrons. The van der Waals surface area contributed by atoms with Crippen molar-refractivity contribution in [3.63, 3.8) is 0 Å². The van der Waals surface area contributed by atoms with Crippen LogP contribution in [-0.4, -0.2) is 37.4 Å². The molecule has 0 atom stereocenters. The number of nitrogens with zero attached hydrogens (tertiary/aromatic N) is 1. The van der Waals surface area contributed by atoms with Gasteiger partial charge in [-0.25, -0.2) is 17.9 Å². The van der Waals surface area contributed by atoms with E-state index in [9.17, 15) is 28.1 Å². The Morgan fingerprint density at radius 1 is 1.12 bits per heavy atom. The third-order valence-corrected chi connectivity index (χ3v) is 6.05. The number of nitrogens with one attached hydrogen (secondary N) is 2.